The zero-order chi connectivity index (χ0) is 21.1. The van der Waals surface area contributed by atoms with Crippen LogP contribution in [0.1, 0.15) is 19.4 Å². The second-order valence-corrected chi connectivity index (χ2v) is 6.95. The number of nitrogen functional groups attached to an aromatic ring is 1. The van der Waals surface area contributed by atoms with Gasteiger partial charge in [-0.2, -0.15) is 4.68 Å². The Balaban J connectivity index is 2.13. The first-order chi connectivity index (χ1) is 13.7. The van der Waals surface area contributed by atoms with E-state index < -0.39 is 17.2 Å². The molecule has 3 aromatic rings. The quantitative estimate of drug-likeness (QED) is 0.616. The molecule has 2 aromatic carbocycles. The Labute approximate surface area is 169 Å². The van der Waals surface area contributed by atoms with Crippen molar-refractivity contribution >= 4 is 17.3 Å². The highest BCUT2D eigenvalue weighted by Gasteiger charge is 2.10. The van der Waals surface area contributed by atoms with E-state index in [4.69, 9.17) is 22.2 Å². The zero-order valence-electron chi connectivity index (χ0n) is 15.7. The number of aromatic amines is 1. The van der Waals surface area contributed by atoms with E-state index in [0.29, 0.717) is 9.70 Å². The maximum Gasteiger partial charge on any atom is 0.351 e. The Bertz CT molecular complexity index is 1210. The predicted molar refractivity (Wildman–Crippen MR) is 107 cm³/mol. The second-order valence-electron chi connectivity index (χ2n) is 6.51. The highest BCUT2D eigenvalue weighted by atomic mass is 35.5. The fraction of sp³-hybridized carbons (Fsp3) is 0.211. The van der Waals surface area contributed by atoms with Crippen LogP contribution < -0.4 is 27.6 Å². The van der Waals surface area contributed by atoms with E-state index in [1.54, 1.807) is 38.1 Å². The number of benzene rings is 2. The van der Waals surface area contributed by atoms with Crippen LogP contribution in [0.5, 0.6) is 5.75 Å². The minimum atomic E-state index is -0.846. The first-order valence-corrected chi connectivity index (χ1v) is 9.09. The van der Waals surface area contributed by atoms with Crippen LogP contribution in [0.4, 0.5) is 10.1 Å². The van der Waals surface area contributed by atoms with E-state index in [-0.39, 0.29) is 29.7 Å². The van der Waals surface area contributed by atoms with Crippen molar-refractivity contribution in [3.63, 3.8) is 0 Å². The molecule has 8 nitrogen and oxygen atoms in total. The first kappa shape index (κ1) is 20.4. The summed E-state index contributed by atoms with van der Waals surface area (Å²) >= 11 is 5.89. The van der Waals surface area contributed by atoms with Crippen molar-refractivity contribution < 1.29 is 9.13 Å². The van der Waals surface area contributed by atoms with Crippen molar-refractivity contribution in [2.75, 3.05) is 5.84 Å². The summed E-state index contributed by atoms with van der Waals surface area (Å²) in [4.78, 5) is 30.6. The maximum atomic E-state index is 14.3. The molecule has 3 rings (SSSR count). The van der Waals surface area contributed by atoms with Crippen molar-refractivity contribution in [3.8, 4) is 5.75 Å². The Morgan fingerprint density at radius 3 is 2.48 bits per heavy atom. The number of nitrogens with one attached hydrogen (secondary N) is 1. The summed E-state index contributed by atoms with van der Waals surface area (Å²) in [5.41, 5.74) is -0.808. The van der Waals surface area contributed by atoms with Crippen LogP contribution in [0, 0.1) is 5.82 Å². The minimum absolute atomic E-state index is 0.0693. The smallest absolute Gasteiger partial charge is 0.351 e. The molecule has 0 radical (unpaired) electrons. The summed E-state index contributed by atoms with van der Waals surface area (Å²) in [7, 11) is 0. The van der Waals surface area contributed by atoms with Crippen molar-refractivity contribution in [3.05, 3.63) is 85.5 Å². The van der Waals surface area contributed by atoms with Crippen LogP contribution in [0.15, 0.2) is 57.0 Å². The average molecular weight is 420 g/mol. The lowest BCUT2D eigenvalue weighted by Gasteiger charge is -2.11. The van der Waals surface area contributed by atoms with Crippen LogP contribution >= 0.6 is 11.6 Å². The number of nitrogens with zero attached hydrogens (tertiary/aromatic N) is 3. The van der Waals surface area contributed by atoms with E-state index in [9.17, 15) is 14.0 Å². The van der Waals surface area contributed by atoms with Gasteiger partial charge < -0.3 is 10.6 Å². The van der Waals surface area contributed by atoms with Crippen molar-refractivity contribution in [2.45, 2.75) is 26.5 Å². The largest absolute Gasteiger partial charge is 0.488 e. The van der Waals surface area contributed by atoms with E-state index in [0.717, 1.165) is 11.6 Å². The summed E-state index contributed by atoms with van der Waals surface area (Å²) in [5, 5.41) is 0.542. The maximum absolute atomic E-state index is 14.3. The van der Waals surface area contributed by atoms with Gasteiger partial charge in [0.2, 0.25) is 5.62 Å². The number of hydrogen-bond acceptors (Lipinski definition) is 5. The third-order valence-corrected chi connectivity index (χ3v) is 4.15. The molecule has 1 aromatic heterocycles. The van der Waals surface area contributed by atoms with Gasteiger partial charge in [-0.25, -0.2) is 19.0 Å². The van der Waals surface area contributed by atoms with Gasteiger partial charge in [-0.3, -0.25) is 9.55 Å². The van der Waals surface area contributed by atoms with Crippen molar-refractivity contribution in [1.29, 1.82) is 0 Å². The molecule has 1 heterocycles. The van der Waals surface area contributed by atoms with Gasteiger partial charge in [0.05, 0.1) is 18.3 Å². The molecule has 0 fully saturated rings. The average Bonchev–Trinajstić information content (AvgIpc) is 2.66. The second kappa shape index (κ2) is 8.36. The number of hydrogen-bond donors (Lipinski definition) is 2. The number of halogens is 2. The number of ether oxygens (including phenoxy) is 1. The third-order valence-electron chi connectivity index (χ3n) is 3.90. The molecule has 152 valence electrons. The molecule has 0 bridgehead atoms. The molecule has 0 atom stereocenters. The van der Waals surface area contributed by atoms with E-state index in [1.807, 2.05) is 0 Å². The number of aromatic nitrogens is 3. The molecular weight excluding hydrogens is 401 g/mol. The zero-order valence-corrected chi connectivity index (χ0v) is 16.5. The van der Waals surface area contributed by atoms with Gasteiger partial charge in [-0.05, 0) is 43.7 Å². The molecule has 0 aliphatic heterocycles. The first-order valence-electron chi connectivity index (χ1n) is 8.71. The Kier molecular flexibility index (Phi) is 5.88. The number of rotatable bonds is 5. The van der Waals surface area contributed by atoms with Crippen LogP contribution in [0.25, 0.3) is 0 Å². The van der Waals surface area contributed by atoms with Gasteiger partial charge in [-0.15, -0.1) is 0 Å². The molecule has 3 N–H and O–H groups in total. The lowest BCUT2D eigenvalue weighted by molar-refractivity contribution is 0.231. The Morgan fingerprint density at radius 2 is 1.86 bits per heavy atom. The SMILES string of the molecule is CC(C)Oc1ccc(N=c2n(N)c(=O)[nH]c(=O)n2Cc2ccc(Cl)cc2)cc1F. The lowest BCUT2D eigenvalue weighted by Crippen LogP contribution is -2.53. The van der Waals surface area contributed by atoms with E-state index in [1.165, 1.54) is 16.7 Å². The van der Waals surface area contributed by atoms with Gasteiger partial charge in [-0.1, -0.05) is 23.7 Å². The highest BCUT2D eigenvalue weighted by molar-refractivity contribution is 6.30. The van der Waals surface area contributed by atoms with Crippen LogP contribution in [-0.2, 0) is 6.54 Å². The van der Waals surface area contributed by atoms with Crippen molar-refractivity contribution in [1.82, 2.24) is 14.2 Å². The molecule has 0 unspecified atom stereocenters. The molecule has 0 saturated carbocycles. The topological polar surface area (TPSA) is 107 Å². The lowest BCUT2D eigenvalue weighted by atomic mass is 10.2. The van der Waals surface area contributed by atoms with E-state index >= 15 is 0 Å². The van der Waals surface area contributed by atoms with Gasteiger partial charge in [0, 0.05) is 11.1 Å². The molecule has 0 saturated heterocycles. The summed E-state index contributed by atoms with van der Waals surface area (Å²) in [6, 6.07) is 10.8. The van der Waals surface area contributed by atoms with Gasteiger partial charge >= 0.3 is 11.4 Å². The molecular formula is C19H19ClFN5O3. The van der Waals surface area contributed by atoms with Crippen molar-refractivity contribution in [2.24, 2.45) is 4.99 Å². The minimum Gasteiger partial charge on any atom is -0.488 e. The predicted octanol–water partition coefficient (Wildman–Crippen LogP) is 1.91. The summed E-state index contributed by atoms with van der Waals surface area (Å²) in [6.07, 6.45) is -0.198. The molecule has 0 aliphatic rings. The Morgan fingerprint density at radius 1 is 1.17 bits per heavy atom. The van der Waals surface area contributed by atoms with E-state index in [2.05, 4.69) is 9.98 Å². The summed E-state index contributed by atoms with van der Waals surface area (Å²) < 4.78 is 21.5. The molecule has 0 spiro atoms. The summed E-state index contributed by atoms with van der Waals surface area (Å²) in [5.74, 6) is 5.24. The molecule has 0 amide bonds. The number of H-pyrrole nitrogens is 1. The van der Waals surface area contributed by atoms with Gasteiger partial charge in [0.15, 0.2) is 11.6 Å². The van der Waals surface area contributed by atoms with Crippen LogP contribution in [-0.4, -0.2) is 20.3 Å². The molecule has 10 heteroatoms. The van der Waals surface area contributed by atoms with Crippen LogP contribution in [0.3, 0.4) is 0 Å². The normalized spacial score (nSPS) is 11.8. The monoisotopic (exact) mass is 419 g/mol. The standard InChI is InChI=1S/C19H19ClFN5O3/c1-11(2)29-16-8-7-14(9-15(16)21)23-17-25(18(27)24-19(28)26(17)22)10-12-3-5-13(20)6-4-12/h3-9,11H,10,22H2,1-2H3,(H,24,27,28). The highest BCUT2D eigenvalue weighted by Crippen LogP contribution is 2.23. The number of nitrogens with two attached hydrogens (primary N) is 1. The van der Waals surface area contributed by atoms with Gasteiger partial charge in [0.1, 0.15) is 0 Å². The third kappa shape index (κ3) is 4.75. The summed E-state index contributed by atoms with van der Waals surface area (Å²) in [6.45, 7) is 3.63. The Hall–Kier alpha value is -3.33. The fourth-order valence-electron chi connectivity index (χ4n) is 2.58. The van der Waals surface area contributed by atoms with Crippen LogP contribution in [0.2, 0.25) is 5.02 Å². The molecule has 0 aliphatic carbocycles. The molecule has 29 heavy (non-hydrogen) atoms. The van der Waals surface area contributed by atoms with Gasteiger partial charge in [0.25, 0.3) is 0 Å². The fourth-order valence-corrected chi connectivity index (χ4v) is 2.71.